The number of hydrogen-bond acceptors (Lipinski definition) is 3. The first kappa shape index (κ1) is 16.5. The molecule has 2 N–H and O–H groups in total. The molecule has 0 bridgehead atoms. The number of anilines is 1. The number of amides is 1. The van der Waals surface area contributed by atoms with Gasteiger partial charge in [-0.15, -0.1) is 0 Å². The summed E-state index contributed by atoms with van der Waals surface area (Å²) in [7, 11) is 1.88. The van der Waals surface area contributed by atoms with E-state index in [1.165, 1.54) is 0 Å². The predicted molar refractivity (Wildman–Crippen MR) is 85.5 cm³/mol. The lowest BCUT2D eigenvalue weighted by Gasteiger charge is -2.19. The fourth-order valence-electron chi connectivity index (χ4n) is 2.26. The van der Waals surface area contributed by atoms with Crippen molar-refractivity contribution in [1.29, 1.82) is 0 Å². The van der Waals surface area contributed by atoms with Gasteiger partial charge in [-0.3, -0.25) is 4.79 Å². The first-order valence-electron chi connectivity index (χ1n) is 7.41. The highest BCUT2D eigenvalue weighted by atomic mass is 16.1. The number of aryl methyl sites for hydroxylation is 1. The van der Waals surface area contributed by atoms with Gasteiger partial charge in [0.2, 0.25) is 0 Å². The van der Waals surface area contributed by atoms with E-state index < -0.39 is 0 Å². The molecular weight excluding hydrogens is 250 g/mol. The van der Waals surface area contributed by atoms with Gasteiger partial charge in [0.15, 0.2) is 0 Å². The molecule has 0 atom stereocenters. The van der Waals surface area contributed by atoms with E-state index in [0.29, 0.717) is 6.54 Å². The monoisotopic (exact) mass is 277 g/mol. The molecule has 1 rings (SSSR count). The van der Waals surface area contributed by atoms with Gasteiger partial charge in [-0.1, -0.05) is 13.8 Å². The van der Waals surface area contributed by atoms with Crippen molar-refractivity contribution in [2.45, 2.75) is 27.2 Å². The summed E-state index contributed by atoms with van der Waals surface area (Å²) in [5.74, 6) is 0.00306. The van der Waals surface area contributed by atoms with Crippen LogP contribution in [0.3, 0.4) is 0 Å². The lowest BCUT2D eigenvalue weighted by atomic mass is 10.1. The van der Waals surface area contributed by atoms with E-state index in [4.69, 9.17) is 0 Å². The molecule has 0 radical (unpaired) electrons. The number of carbonyl (C=O) groups excluding carboxylic acids is 1. The van der Waals surface area contributed by atoms with Gasteiger partial charge in [0, 0.05) is 31.4 Å². The highest BCUT2D eigenvalue weighted by molar-refractivity contribution is 5.94. The zero-order valence-electron chi connectivity index (χ0n) is 13.1. The Kier molecular flexibility index (Phi) is 7.09. The van der Waals surface area contributed by atoms with Crippen LogP contribution >= 0.6 is 0 Å². The van der Waals surface area contributed by atoms with Crippen LogP contribution in [0.25, 0.3) is 0 Å². The molecule has 0 aliphatic heterocycles. The largest absolute Gasteiger partial charge is 0.388 e. The molecule has 0 aliphatic carbocycles. The van der Waals surface area contributed by atoms with Gasteiger partial charge in [0.1, 0.15) is 0 Å². The summed E-state index contributed by atoms with van der Waals surface area (Å²) in [4.78, 5) is 14.4. The maximum Gasteiger partial charge on any atom is 0.251 e. The number of nitrogens with zero attached hydrogens (tertiary/aromatic N) is 1. The maximum absolute atomic E-state index is 12.1. The summed E-state index contributed by atoms with van der Waals surface area (Å²) in [6.45, 7) is 10.0. The number of benzene rings is 1. The SMILES string of the molecule is CCCN(CC)CCNC(=O)c1ccc(NC)c(C)c1. The number of hydrogen-bond donors (Lipinski definition) is 2. The second kappa shape index (κ2) is 8.59. The predicted octanol–water partition coefficient (Wildman–Crippen LogP) is 2.50. The molecule has 0 aromatic heterocycles. The van der Waals surface area contributed by atoms with Crippen molar-refractivity contribution in [3.63, 3.8) is 0 Å². The van der Waals surface area contributed by atoms with E-state index in [9.17, 15) is 4.79 Å². The lowest BCUT2D eigenvalue weighted by molar-refractivity contribution is 0.0948. The lowest BCUT2D eigenvalue weighted by Crippen LogP contribution is -2.35. The molecule has 1 amide bonds. The number of nitrogens with one attached hydrogen (secondary N) is 2. The number of carbonyl (C=O) groups is 1. The average Bonchev–Trinajstić information content (AvgIpc) is 2.46. The minimum Gasteiger partial charge on any atom is -0.388 e. The van der Waals surface area contributed by atoms with Crippen LogP contribution in [-0.2, 0) is 0 Å². The molecule has 112 valence electrons. The summed E-state index contributed by atoms with van der Waals surface area (Å²) in [5.41, 5.74) is 2.86. The van der Waals surface area contributed by atoms with Gasteiger partial charge >= 0.3 is 0 Å². The Balaban J connectivity index is 2.48. The minimum absolute atomic E-state index is 0.00306. The average molecular weight is 277 g/mol. The summed E-state index contributed by atoms with van der Waals surface area (Å²) in [6.07, 6.45) is 1.15. The third-order valence-electron chi connectivity index (χ3n) is 3.46. The molecule has 4 nitrogen and oxygen atoms in total. The smallest absolute Gasteiger partial charge is 0.251 e. The van der Waals surface area contributed by atoms with E-state index in [2.05, 4.69) is 29.4 Å². The Morgan fingerprint density at radius 3 is 2.55 bits per heavy atom. The van der Waals surface area contributed by atoms with Crippen LogP contribution in [0.15, 0.2) is 18.2 Å². The van der Waals surface area contributed by atoms with E-state index >= 15 is 0 Å². The summed E-state index contributed by atoms with van der Waals surface area (Å²) in [6, 6.07) is 5.72. The van der Waals surface area contributed by atoms with Crippen LogP contribution < -0.4 is 10.6 Å². The van der Waals surface area contributed by atoms with Crippen molar-refractivity contribution in [3.8, 4) is 0 Å². The van der Waals surface area contributed by atoms with Gasteiger partial charge in [-0.05, 0) is 50.2 Å². The van der Waals surface area contributed by atoms with Crippen molar-refractivity contribution in [1.82, 2.24) is 10.2 Å². The molecule has 20 heavy (non-hydrogen) atoms. The van der Waals surface area contributed by atoms with Gasteiger partial charge < -0.3 is 15.5 Å². The number of likely N-dealkylation sites (N-methyl/N-ethyl adjacent to an activating group) is 1. The van der Waals surface area contributed by atoms with Crippen LogP contribution in [0.1, 0.15) is 36.2 Å². The molecule has 0 heterocycles. The second-order valence-corrected chi connectivity index (χ2v) is 4.97. The van der Waals surface area contributed by atoms with Crippen molar-refractivity contribution in [3.05, 3.63) is 29.3 Å². The fourth-order valence-corrected chi connectivity index (χ4v) is 2.26. The standard InChI is InChI=1S/C16H27N3O/c1-5-10-19(6-2)11-9-18-16(20)14-7-8-15(17-4)13(3)12-14/h7-8,12,17H,5-6,9-11H2,1-4H3,(H,18,20). The molecular formula is C16H27N3O. The maximum atomic E-state index is 12.1. The first-order valence-corrected chi connectivity index (χ1v) is 7.41. The van der Waals surface area contributed by atoms with Gasteiger partial charge in [-0.2, -0.15) is 0 Å². The van der Waals surface area contributed by atoms with Crippen molar-refractivity contribution >= 4 is 11.6 Å². The molecule has 1 aromatic rings. The van der Waals surface area contributed by atoms with Crippen molar-refractivity contribution in [2.75, 3.05) is 38.5 Å². The highest BCUT2D eigenvalue weighted by Gasteiger charge is 2.07. The fraction of sp³-hybridized carbons (Fsp3) is 0.562. The zero-order chi connectivity index (χ0) is 15.0. The Morgan fingerprint density at radius 1 is 1.25 bits per heavy atom. The zero-order valence-corrected chi connectivity index (χ0v) is 13.1. The van der Waals surface area contributed by atoms with E-state index in [0.717, 1.165) is 42.9 Å². The summed E-state index contributed by atoms with van der Waals surface area (Å²) >= 11 is 0. The van der Waals surface area contributed by atoms with Crippen LogP contribution in [0.4, 0.5) is 5.69 Å². The van der Waals surface area contributed by atoms with Crippen molar-refractivity contribution < 1.29 is 4.79 Å². The quantitative estimate of drug-likeness (QED) is 0.767. The highest BCUT2D eigenvalue weighted by Crippen LogP contribution is 2.15. The van der Waals surface area contributed by atoms with E-state index in [-0.39, 0.29) is 5.91 Å². The van der Waals surface area contributed by atoms with Gasteiger partial charge in [0.25, 0.3) is 5.91 Å². The molecule has 4 heteroatoms. The summed E-state index contributed by atoms with van der Waals surface area (Å²) in [5, 5.41) is 6.09. The Bertz CT molecular complexity index is 432. The first-order chi connectivity index (χ1) is 9.62. The van der Waals surface area contributed by atoms with Crippen molar-refractivity contribution in [2.24, 2.45) is 0 Å². The minimum atomic E-state index is 0.00306. The van der Waals surface area contributed by atoms with Crippen LogP contribution in [0, 0.1) is 6.92 Å². The molecule has 0 fully saturated rings. The van der Waals surface area contributed by atoms with Crippen LogP contribution in [0.5, 0.6) is 0 Å². The molecule has 1 aromatic carbocycles. The summed E-state index contributed by atoms with van der Waals surface area (Å²) < 4.78 is 0. The van der Waals surface area contributed by atoms with E-state index in [1.54, 1.807) is 0 Å². The Labute approximate surface area is 122 Å². The molecule has 0 saturated carbocycles. The molecule has 0 spiro atoms. The number of rotatable bonds is 8. The molecule has 0 saturated heterocycles. The molecule has 0 unspecified atom stereocenters. The second-order valence-electron chi connectivity index (χ2n) is 4.97. The normalized spacial score (nSPS) is 10.7. The van der Waals surface area contributed by atoms with Gasteiger partial charge in [-0.25, -0.2) is 0 Å². The third-order valence-corrected chi connectivity index (χ3v) is 3.46. The third kappa shape index (κ3) is 4.85. The van der Waals surface area contributed by atoms with Gasteiger partial charge in [0.05, 0.1) is 0 Å². The van der Waals surface area contributed by atoms with Crippen LogP contribution in [-0.4, -0.2) is 44.0 Å². The topological polar surface area (TPSA) is 44.4 Å². The Hall–Kier alpha value is -1.55. The van der Waals surface area contributed by atoms with Crippen LogP contribution in [0.2, 0.25) is 0 Å². The molecule has 0 aliphatic rings. The Morgan fingerprint density at radius 2 is 2.00 bits per heavy atom. The van der Waals surface area contributed by atoms with E-state index in [1.807, 2.05) is 32.2 Å².